The number of hydrogen-bond acceptors (Lipinski definition) is 3. The minimum absolute atomic E-state index is 0. The molecule has 3 fully saturated rings. The third-order valence-corrected chi connectivity index (χ3v) is 4.95. The maximum atomic E-state index is 12.5. The number of nitrogens with zero attached hydrogens (tertiary/aromatic N) is 2. The van der Waals surface area contributed by atoms with Crippen molar-refractivity contribution in [2.24, 2.45) is 0 Å². The minimum atomic E-state index is 0. The Hall–Kier alpha value is -0.0300. The van der Waals surface area contributed by atoms with E-state index >= 15 is 0 Å². The molecule has 0 aromatic rings. The Balaban J connectivity index is 0.00000110. The van der Waals surface area contributed by atoms with Crippen LogP contribution in [0.4, 0.5) is 0 Å². The molecule has 6 heteroatoms. The van der Waals surface area contributed by atoms with Crippen LogP contribution in [0.25, 0.3) is 0 Å². The summed E-state index contributed by atoms with van der Waals surface area (Å²) in [5, 5.41) is 3.44. The zero-order chi connectivity index (χ0) is 13.1. The molecule has 0 saturated carbocycles. The highest BCUT2D eigenvalue weighted by Crippen LogP contribution is 2.22. The lowest BCUT2D eigenvalue weighted by molar-refractivity contribution is -0.132. The molecule has 1 amide bonds. The molecule has 0 aromatic heterocycles. The normalized spacial score (nSPS) is 29.2. The van der Waals surface area contributed by atoms with Gasteiger partial charge in [0.05, 0.1) is 0 Å². The largest absolute Gasteiger partial charge is 0.338 e. The molecule has 0 aromatic carbocycles. The predicted octanol–water partition coefficient (Wildman–Crippen LogP) is 2.06. The number of amides is 1. The Labute approximate surface area is 140 Å². The summed E-state index contributed by atoms with van der Waals surface area (Å²) in [5.41, 5.74) is 0. The molecular formula is C15H29Cl2N3O. The zero-order valence-electron chi connectivity index (χ0n) is 12.8. The van der Waals surface area contributed by atoms with E-state index in [0.29, 0.717) is 18.0 Å². The molecule has 2 atom stereocenters. The van der Waals surface area contributed by atoms with Crippen molar-refractivity contribution >= 4 is 30.7 Å². The highest BCUT2D eigenvalue weighted by atomic mass is 35.5. The van der Waals surface area contributed by atoms with Crippen LogP contribution >= 0.6 is 24.8 Å². The van der Waals surface area contributed by atoms with Crippen molar-refractivity contribution in [2.45, 2.75) is 57.0 Å². The summed E-state index contributed by atoms with van der Waals surface area (Å²) in [7, 11) is 0. The molecular weight excluding hydrogens is 309 g/mol. The lowest BCUT2D eigenvalue weighted by atomic mass is 10.1. The first-order valence-electron chi connectivity index (χ1n) is 8.08. The van der Waals surface area contributed by atoms with Gasteiger partial charge < -0.3 is 15.1 Å². The topological polar surface area (TPSA) is 35.6 Å². The maximum absolute atomic E-state index is 12.5. The highest BCUT2D eigenvalue weighted by Gasteiger charge is 2.32. The van der Waals surface area contributed by atoms with E-state index in [9.17, 15) is 4.79 Å². The van der Waals surface area contributed by atoms with Crippen LogP contribution in [0.1, 0.15) is 44.9 Å². The number of carbonyl (C=O) groups is 1. The molecule has 0 spiro atoms. The van der Waals surface area contributed by atoms with Crippen molar-refractivity contribution in [2.75, 3.05) is 32.7 Å². The SMILES string of the molecule is Cl.Cl.O=C(CC1CCCN1)N1CCCC1CN1CCCC1. The number of carbonyl (C=O) groups excluding carboxylic acids is 1. The molecule has 21 heavy (non-hydrogen) atoms. The summed E-state index contributed by atoms with van der Waals surface area (Å²) in [6, 6.07) is 0.938. The number of nitrogens with one attached hydrogen (secondary N) is 1. The molecule has 3 heterocycles. The van der Waals surface area contributed by atoms with Gasteiger partial charge in [0, 0.05) is 31.6 Å². The average molecular weight is 338 g/mol. The van der Waals surface area contributed by atoms with Gasteiger partial charge >= 0.3 is 0 Å². The van der Waals surface area contributed by atoms with Crippen LogP contribution in [0.2, 0.25) is 0 Å². The maximum Gasteiger partial charge on any atom is 0.224 e. The standard InChI is InChI=1S/C15H27N3O.2ClH/c19-15(11-13-5-3-7-16-13)18-10-4-6-14(18)12-17-8-1-2-9-17;;/h13-14,16H,1-12H2;2*1H. The van der Waals surface area contributed by atoms with E-state index in [1.165, 1.54) is 51.6 Å². The second-order valence-electron chi connectivity index (χ2n) is 6.39. The van der Waals surface area contributed by atoms with Crippen molar-refractivity contribution in [1.82, 2.24) is 15.1 Å². The average Bonchev–Trinajstić information content (AvgIpc) is 3.10. The molecule has 0 aliphatic carbocycles. The lowest BCUT2D eigenvalue weighted by Crippen LogP contribution is -2.44. The molecule has 2 unspecified atom stereocenters. The Morgan fingerprint density at radius 2 is 1.76 bits per heavy atom. The summed E-state index contributed by atoms with van der Waals surface area (Å²) < 4.78 is 0. The van der Waals surface area contributed by atoms with Crippen molar-refractivity contribution < 1.29 is 4.79 Å². The van der Waals surface area contributed by atoms with Crippen molar-refractivity contribution in [3.8, 4) is 0 Å². The highest BCUT2D eigenvalue weighted by molar-refractivity contribution is 5.85. The summed E-state index contributed by atoms with van der Waals surface area (Å²) in [4.78, 5) is 17.2. The van der Waals surface area contributed by atoms with E-state index in [2.05, 4.69) is 15.1 Å². The second kappa shape index (κ2) is 9.19. The van der Waals surface area contributed by atoms with E-state index in [4.69, 9.17) is 0 Å². The van der Waals surface area contributed by atoms with Crippen molar-refractivity contribution in [1.29, 1.82) is 0 Å². The molecule has 3 aliphatic rings. The number of likely N-dealkylation sites (tertiary alicyclic amines) is 2. The van der Waals surface area contributed by atoms with Gasteiger partial charge in [-0.05, 0) is 58.2 Å². The first-order chi connectivity index (χ1) is 9.33. The molecule has 3 aliphatic heterocycles. The predicted molar refractivity (Wildman–Crippen MR) is 90.5 cm³/mol. The van der Waals surface area contributed by atoms with Gasteiger partial charge in [0.25, 0.3) is 0 Å². The van der Waals surface area contributed by atoms with Gasteiger partial charge in [0.15, 0.2) is 0 Å². The number of hydrogen-bond donors (Lipinski definition) is 1. The van der Waals surface area contributed by atoms with Crippen LogP contribution in [-0.4, -0.2) is 60.5 Å². The van der Waals surface area contributed by atoms with Crippen LogP contribution in [0.5, 0.6) is 0 Å². The molecule has 4 nitrogen and oxygen atoms in total. The van der Waals surface area contributed by atoms with E-state index in [-0.39, 0.29) is 24.8 Å². The van der Waals surface area contributed by atoms with E-state index in [1.54, 1.807) is 0 Å². The molecule has 124 valence electrons. The van der Waals surface area contributed by atoms with E-state index in [0.717, 1.165) is 26.1 Å². The molecule has 0 radical (unpaired) electrons. The van der Waals surface area contributed by atoms with Crippen LogP contribution in [0, 0.1) is 0 Å². The lowest BCUT2D eigenvalue weighted by Gasteiger charge is -2.29. The monoisotopic (exact) mass is 337 g/mol. The Morgan fingerprint density at radius 1 is 1.00 bits per heavy atom. The number of halogens is 2. The van der Waals surface area contributed by atoms with Crippen LogP contribution in [0.3, 0.4) is 0 Å². The van der Waals surface area contributed by atoms with E-state index in [1.807, 2.05) is 0 Å². The first kappa shape index (κ1) is 19.0. The number of rotatable bonds is 4. The van der Waals surface area contributed by atoms with E-state index < -0.39 is 0 Å². The fraction of sp³-hybridized carbons (Fsp3) is 0.933. The summed E-state index contributed by atoms with van der Waals surface area (Å²) in [5.74, 6) is 0.390. The third kappa shape index (κ3) is 4.98. The fourth-order valence-corrected chi connectivity index (χ4v) is 3.88. The van der Waals surface area contributed by atoms with Gasteiger partial charge in [-0.25, -0.2) is 0 Å². The molecule has 3 saturated heterocycles. The van der Waals surface area contributed by atoms with Gasteiger partial charge in [-0.2, -0.15) is 0 Å². The third-order valence-electron chi connectivity index (χ3n) is 4.95. The Kier molecular flexibility index (Phi) is 8.32. The fourth-order valence-electron chi connectivity index (χ4n) is 3.88. The van der Waals surface area contributed by atoms with Crippen molar-refractivity contribution in [3.05, 3.63) is 0 Å². The van der Waals surface area contributed by atoms with Gasteiger partial charge in [0.2, 0.25) is 5.91 Å². The summed E-state index contributed by atoms with van der Waals surface area (Å²) >= 11 is 0. The minimum Gasteiger partial charge on any atom is -0.338 e. The first-order valence-corrected chi connectivity index (χ1v) is 8.08. The van der Waals surface area contributed by atoms with Crippen LogP contribution < -0.4 is 5.32 Å². The zero-order valence-corrected chi connectivity index (χ0v) is 14.4. The second-order valence-corrected chi connectivity index (χ2v) is 6.39. The Bertz CT molecular complexity index is 318. The smallest absolute Gasteiger partial charge is 0.224 e. The molecule has 1 N–H and O–H groups in total. The molecule has 0 bridgehead atoms. The van der Waals surface area contributed by atoms with Gasteiger partial charge in [-0.15, -0.1) is 24.8 Å². The van der Waals surface area contributed by atoms with Crippen LogP contribution in [0.15, 0.2) is 0 Å². The van der Waals surface area contributed by atoms with Gasteiger partial charge in [0.1, 0.15) is 0 Å². The van der Waals surface area contributed by atoms with Gasteiger partial charge in [-0.1, -0.05) is 0 Å². The summed E-state index contributed by atoms with van der Waals surface area (Å²) in [6.45, 7) is 5.68. The quantitative estimate of drug-likeness (QED) is 0.852. The van der Waals surface area contributed by atoms with Gasteiger partial charge in [-0.3, -0.25) is 4.79 Å². The summed E-state index contributed by atoms with van der Waals surface area (Å²) in [6.07, 6.45) is 8.21. The Morgan fingerprint density at radius 3 is 2.43 bits per heavy atom. The van der Waals surface area contributed by atoms with Crippen molar-refractivity contribution in [3.63, 3.8) is 0 Å². The van der Waals surface area contributed by atoms with Crippen LogP contribution in [-0.2, 0) is 4.79 Å². The molecule has 3 rings (SSSR count).